The molecule has 0 fully saturated rings. The summed E-state index contributed by atoms with van der Waals surface area (Å²) in [5.74, 6) is -1.07. The minimum absolute atomic E-state index is 0.0407. The number of nitrogens with zero attached hydrogens (tertiary/aromatic N) is 2. The van der Waals surface area contributed by atoms with Crippen molar-refractivity contribution < 1.29 is 14.7 Å². The van der Waals surface area contributed by atoms with Crippen LogP contribution in [0.3, 0.4) is 0 Å². The highest BCUT2D eigenvalue weighted by atomic mass is 16.4. The molecule has 0 saturated heterocycles. The van der Waals surface area contributed by atoms with Crippen molar-refractivity contribution in [3.05, 3.63) is 47.8 Å². The van der Waals surface area contributed by atoms with Crippen LogP contribution in [-0.4, -0.2) is 32.8 Å². The van der Waals surface area contributed by atoms with Gasteiger partial charge >= 0.3 is 5.97 Å². The molecule has 0 aliphatic carbocycles. The molecule has 1 aromatic carbocycles. The first-order valence-electron chi connectivity index (χ1n) is 7.10. The monoisotopic (exact) mass is 301 g/mol. The Kier molecular flexibility index (Phi) is 4.93. The molecule has 0 aliphatic heterocycles. The fraction of sp³-hybridized carbons (Fsp3) is 0.312. The van der Waals surface area contributed by atoms with E-state index in [1.54, 1.807) is 29.9 Å². The zero-order valence-corrected chi connectivity index (χ0v) is 12.6. The molecular formula is C16H19N3O3. The van der Waals surface area contributed by atoms with E-state index < -0.39 is 5.97 Å². The van der Waals surface area contributed by atoms with E-state index in [9.17, 15) is 9.59 Å². The van der Waals surface area contributed by atoms with Crippen LogP contribution in [0.4, 0.5) is 0 Å². The van der Waals surface area contributed by atoms with Gasteiger partial charge in [-0.15, -0.1) is 0 Å². The fourth-order valence-corrected chi connectivity index (χ4v) is 2.04. The molecule has 2 rings (SSSR count). The van der Waals surface area contributed by atoms with E-state index in [4.69, 9.17) is 5.11 Å². The standard InChI is InChI=1S/C16H19N3O3/c1-11-9-17-19(10-11)14-6-4-13(5-7-14)16(22)18-12(2)3-8-15(20)21/h4-7,9-10,12H,3,8H2,1-2H3,(H,18,22)(H,20,21). The maximum Gasteiger partial charge on any atom is 0.303 e. The quantitative estimate of drug-likeness (QED) is 0.856. The van der Waals surface area contributed by atoms with Gasteiger partial charge in [0.2, 0.25) is 0 Å². The van der Waals surface area contributed by atoms with Crippen molar-refractivity contribution in [3.8, 4) is 5.69 Å². The SMILES string of the molecule is Cc1cnn(-c2ccc(C(=O)NC(C)CCC(=O)O)cc2)c1. The summed E-state index contributed by atoms with van der Waals surface area (Å²) in [5.41, 5.74) is 2.48. The van der Waals surface area contributed by atoms with E-state index in [2.05, 4.69) is 10.4 Å². The maximum atomic E-state index is 12.1. The molecule has 0 aliphatic rings. The minimum atomic E-state index is -0.861. The van der Waals surface area contributed by atoms with E-state index in [1.165, 1.54) is 0 Å². The molecule has 116 valence electrons. The van der Waals surface area contributed by atoms with E-state index in [1.807, 2.05) is 25.3 Å². The average molecular weight is 301 g/mol. The molecule has 0 saturated carbocycles. The second-order valence-electron chi connectivity index (χ2n) is 5.32. The number of rotatable bonds is 6. The van der Waals surface area contributed by atoms with Gasteiger partial charge in [0.25, 0.3) is 5.91 Å². The Hall–Kier alpha value is -2.63. The van der Waals surface area contributed by atoms with Gasteiger partial charge in [-0.2, -0.15) is 5.10 Å². The second-order valence-corrected chi connectivity index (χ2v) is 5.32. The van der Waals surface area contributed by atoms with Gasteiger partial charge in [0.05, 0.1) is 11.9 Å². The Morgan fingerprint density at radius 2 is 2.00 bits per heavy atom. The van der Waals surface area contributed by atoms with Crippen LogP contribution < -0.4 is 5.32 Å². The number of carbonyl (C=O) groups is 2. The number of aromatic nitrogens is 2. The summed E-state index contributed by atoms with van der Waals surface area (Å²) in [6.45, 7) is 3.76. The molecular weight excluding hydrogens is 282 g/mol. The maximum absolute atomic E-state index is 12.1. The normalized spacial score (nSPS) is 11.9. The van der Waals surface area contributed by atoms with E-state index in [0.29, 0.717) is 12.0 Å². The molecule has 2 aromatic rings. The second kappa shape index (κ2) is 6.89. The first kappa shape index (κ1) is 15.8. The van der Waals surface area contributed by atoms with Gasteiger partial charge in [0.15, 0.2) is 0 Å². The topological polar surface area (TPSA) is 84.2 Å². The highest BCUT2D eigenvalue weighted by molar-refractivity contribution is 5.94. The van der Waals surface area contributed by atoms with Gasteiger partial charge in [-0.25, -0.2) is 4.68 Å². The fourth-order valence-electron chi connectivity index (χ4n) is 2.04. The Bertz CT molecular complexity index is 662. The Balaban J connectivity index is 1.97. The zero-order valence-electron chi connectivity index (χ0n) is 12.6. The number of carboxylic acids is 1. The van der Waals surface area contributed by atoms with Crippen molar-refractivity contribution in [2.75, 3.05) is 0 Å². The summed E-state index contributed by atoms with van der Waals surface area (Å²) in [6, 6.07) is 6.92. The Labute approximate surface area is 128 Å². The first-order chi connectivity index (χ1) is 10.5. The number of benzene rings is 1. The van der Waals surface area contributed by atoms with Crippen LogP contribution in [0.15, 0.2) is 36.7 Å². The number of carbonyl (C=O) groups excluding carboxylic acids is 1. The summed E-state index contributed by atoms with van der Waals surface area (Å²) in [7, 11) is 0. The lowest BCUT2D eigenvalue weighted by Crippen LogP contribution is -2.32. The van der Waals surface area contributed by atoms with Crippen LogP contribution in [0.5, 0.6) is 0 Å². The number of nitrogens with one attached hydrogen (secondary N) is 1. The number of carboxylic acid groups (broad SMARTS) is 1. The molecule has 22 heavy (non-hydrogen) atoms. The highest BCUT2D eigenvalue weighted by Gasteiger charge is 2.11. The molecule has 6 nitrogen and oxygen atoms in total. The molecule has 1 atom stereocenters. The number of aliphatic carboxylic acids is 1. The predicted molar refractivity (Wildman–Crippen MR) is 82.1 cm³/mol. The van der Waals surface area contributed by atoms with Crippen molar-refractivity contribution in [1.82, 2.24) is 15.1 Å². The van der Waals surface area contributed by atoms with Gasteiger partial charge in [-0.1, -0.05) is 0 Å². The van der Waals surface area contributed by atoms with Crippen LogP contribution in [0.2, 0.25) is 0 Å². The van der Waals surface area contributed by atoms with Gasteiger partial charge in [-0.05, 0) is 50.1 Å². The highest BCUT2D eigenvalue weighted by Crippen LogP contribution is 2.10. The van der Waals surface area contributed by atoms with Gasteiger partial charge in [-0.3, -0.25) is 9.59 Å². The Morgan fingerprint density at radius 3 is 2.55 bits per heavy atom. The molecule has 0 bridgehead atoms. The van der Waals surface area contributed by atoms with Crippen LogP contribution in [0.25, 0.3) is 5.69 Å². The summed E-state index contributed by atoms with van der Waals surface area (Å²) >= 11 is 0. The van der Waals surface area contributed by atoms with Gasteiger partial charge in [0, 0.05) is 24.2 Å². The minimum Gasteiger partial charge on any atom is -0.481 e. The molecule has 1 unspecified atom stereocenters. The first-order valence-corrected chi connectivity index (χ1v) is 7.10. The molecule has 1 aromatic heterocycles. The van der Waals surface area contributed by atoms with Crippen LogP contribution >= 0.6 is 0 Å². The molecule has 1 amide bonds. The van der Waals surface area contributed by atoms with Gasteiger partial charge in [0.1, 0.15) is 0 Å². The smallest absolute Gasteiger partial charge is 0.303 e. The summed E-state index contributed by atoms with van der Waals surface area (Å²) in [6.07, 6.45) is 4.12. The Morgan fingerprint density at radius 1 is 1.32 bits per heavy atom. The number of amides is 1. The average Bonchev–Trinajstić information content (AvgIpc) is 2.92. The van der Waals surface area contributed by atoms with Gasteiger partial charge < -0.3 is 10.4 Å². The molecule has 1 heterocycles. The summed E-state index contributed by atoms with van der Waals surface area (Å²) in [5, 5.41) is 15.6. The third kappa shape index (κ3) is 4.18. The van der Waals surface area contributed by atoms with Crippen molar-refractivity contribution >= 4 is 11.9 Å². The van der Waals surface area contributed by atoms with Crippen LogP contribution in [-0.2, 0) is 4.79 Å². The van der Waals surface area contributed by atoms with Crippen LogP contribution in [0, 0.1) is 6.92 Å². The molecule has 0 spiro atoms. The molecule has 0 radical (unpaired) electrons. The zero-order chi connectivity index (χ0) is 16.1. The van der Waals surface area contributed by atoms with Crippen molar-refractivity contribution in [2.45, 2.75) is 32.7 Å². The largest absolute Gasteiger partial charge is 0.481 e. The van der Waals surface area contributed by atoms with Crippen molar-refractivity contribution in [3.63, 3.8) is 0 Å². The number of hydrogen-bond acceptors (Lipinski definition) is 3. The molecule has 2 N–H and O–H groups in total. The van der Waals surface area contributed by atoms with Crippen molar-refractivity contribution in [2.24, 2.45) is 0 Å². The van der Waals surface area contributed by atoms with E-state index in [0.717, 1.165) is 11.3 Å². The van der Waals surface area contributed by atoms with E-state index >= 15 is 0 Å². The predicted octanol–water partition coefficient (Wildman–Crippen LogP) is 2.16. The number of hydrogen-bond donors (Lipinski definition) is 2. The lowest BCUT2D eigenvalue weighted by atomic mass is 10.1. The van der Waals surface area contributed by atoms with Crippen LogP contribution in [0.1, 0.15) is 35.7 Å². The summed E-state index contributed by atoms with van der Waals surface area (Å²) < 4.78 is 1.74. The van der Waals surface area contributed by atoms with E-state index in [-0.39, 0.29) is 18.4 Å². The lowest BCUT2D eigenvalue weighted by molar-refractivity contribution is -0.137. The molecule has 6 heteroatoms. The third-order valence-corrected chi connectivity index (χ3v) is 3.27. The third-order valence-electron chi connectivity index (χ3n) is 3.27. The lowest BCUT2D eigenvalue weighted by Gasteiger charge is -2.13. The summed E-state index contributed by atoms with van der Waals surface area (Å²) in [4.78, 5) is 22.6. The van der Waals surface area contributed by atoms with Crippen molar-refractivity contribution in [1.29, 1.82) is 0 Å². The number of aryl methyl sites for hydroxylation is 1.